The van der Waals surface area contributed by atoms with Gasteiger partial charge in [-0.15, -0.1) is 0 Å². The summed E-state index contributed by atoms with van der Waals surface area (Å²) in [4.78, 5) is 42.5. The highest BCUT2D eigenvalue weighted by Crippen LogP contribution is 2.30. The van der Waals surface area contributed by atoms with Crippen LogP contribution in [0.25, 0.3) is 11.3 Å². The van der Waals surface area contributed by atoms with Crippen molar-refractivity contribution in [1.29, 1.82) is 0 Å². The van der Waals surface area contributed by atoms with E-state index in [4.69, 9.17) is 4.74 Å². The number of aryl methyl sites for hydroxylation is 1. The van der Waals surface area contributed by atoms with E-state index in [1.54, 1.807) is 66.2 Å². The number of amides is 2. The molecule has 1 aliphatic rings. The van der Waals surface area contributed by atoms with Gasteiger partial charge in [-0.25, -0.2) is 9.37 Å². The van der Waals surface area contributed by atoms with E-state index in [1.807, 2.05) is 0 Å². The maximum atomic E-state index is 13.4. The van der Waals surface area contributed by atoms with Crippen molar-refractivity contribution >= 4 is 29.0 Å². The van der Waals surface area contributed by atoms with E-state index in [-0.39, 0.29) is 17.4 Å². The standard InChI is InChI=1S/C30H24FN5O4/c1-18-2-14-25(30(39)36(18)22-9-5-20(31)6-10-22)29(38)32-21-7-11-23(12-8-21)40-24-13-15-27-33-26(17-35(27)16-24)34-28(37)19-3-4-19/h2,5-17,19H,3-4H2,1H3,(H,32,38)(H,34,37). The van der Waals surface area contributed by atoms with Crippen LogP contribution in [-0.2, 0) is 4.79 Å². The number of aromatic nitrogens is 3. The average Bonchev–Trinajstić information content (AvgIpc) is 3.71. The molecule has 0 aliphatic heterocycles. The topological polar surface area (TPSA) is 107 Å². The number of anilines is 2. The van der Waals surface area contributed by atoms with E-state index >= 15 is 0 Å². The van der Waals surface area contributed by atoms with Gasteiger partial charge in [-0.2, -0.15) is 0 Å². The Balaban J connectivity index is 1.14. The van der Waals surface area contributed by atoms with Gasteiger partial charge in [0.15, 0.2) is 5.82 Å². The van der Waals surface area contributed by atoms with E-state index in [2.05, 4.69) is 15.6 Å². The number of hydrogen-bond donors (Lipinski definition) is 2. The lowest BCUT2D eigenvalue weighted by Crippen LogP contribution is -2.29. The first-order valence-electron chi connectivity index (χ1n) is 12.7. The minimum Gasteiger partial charge on any atom is -0.456 e. The smallest absolute Gasteiger partial charge is 0.268 e. The van der Waals surface area contributed by atoms with Crippen LogP contribution in [0.3, 0.4) is 0 Å². The fourth-order valence-electron chi connectivity index (χ4n) is 4.32. The van der Waals surface area contributed by atoms with Gasteiger partial charge in [0.2, 0.25) is 5.91 Å². The summed E-state index contributed by atoms with van der Waals surface area (Å²) in [5.41, 5.74) is 1.68. The molecule has 3 heterocycles. The van der Waals surface area contributed by atoms with Crippen LogP contribution in [0.15, 0.2) is 90.0 Å². The number of ether oxygens (including phenoxy) is 1. The van der Waals surface area contributed by atoms with Gasteiger partial charge in [-0.1, -0.05) is 0 Å². The fraction of sp³-hybridized carbons (Fsp3) is 0.133. The number of halogens is 1. The molecular weight excluding hydrogens is 513 g/mol. The van der Waals surface area contributed by atoms with Crippen molar-refractivity contribution in [1.82, 2.24) is 14.0 Å². The number of imidazole rings is 1. The van der Waals surface area contributed by atoms with Crippen molar-refractivity contribution in [3.63, 3.8) is 0 Å². The van der Waals surface area contributed by atoms with Crippen LogP contribution in [0.1, 0.15) is 28.9 Å². The van der Waals surface area contributed by atoms with Crippen LogP contribution >= 0.6 is 0 Å². The molecule has 3 aromatic heterocycles. The molecular formula is C30H24FN5O4. The third-order valence-electron chi connectivity index (χ3n) is 6.58. The van der Waals surface area contributed by atoms with Crippen LogP contribution in [0.2, 0.25) is 0 Å². The second-order valence-electron chi connectivity index (χ2n) is 9.61. The van der Waals surface area contributed by atoms with Gasteiger partial charge in [-0.3, -0.25) is 19.0 Å². The molecule has 9 nitrogen and oxygen atoms in total. The Kier molecular flexibility index (Phi) is 6.35. The molecule has 40 heavy (non-hydrogen) atoms. The molecule has 5 aromatic rings. The van der Waals surface area contributed by atoms with Crippen LogP contribution in [0, 0.1) is 18.7 Å². The van der Waals surface area contributed by atoms with Gasteiger partial charge in [0.05, 0.1) is 12.4 Å². The Morgan fingerprint density at radius 3 is 2.35 bits per heavy atom. The Bertz CT molecular complexity index is 1810. The molecule has 10 heteroatoms. The zero-order valence-corrected chi connectivity index (χ0v) is 21.4. The minimum absolute atomic E-state index is 0.00649. The van der Waals surface area contributed by atoms with E-state index in [9.17, 15) is 18.8 Å². The van der Waals surface area contributed by atoms with E-state index in [0.717, 1.165) is 12.8 Å². The maximum absolute atomic E-state index is 13.4. The van der Waals surface area contributed by atoms with Crippen molar-refractivity contribution in [2.75, 3.05) is 10.6 Å². The molecule has 0 saturated heterocycles. The highest BCUT2D eigenvalue weighted by atomic mass is 19.1. The quantitative estimate of drug-likeness (QED) is 0.292. The molecule has 0 radical (unpaired) electrons. The van der Waals surface area contributed by atoms with Crippen molar-refractivity contribution in [3.05, 3.63) is 113 Å². The van der Waals surface area contributed by atoms with Crippen molar-refractivity contribution in [2.45, 2.75) is 19.8 Å². The molecule has 2 amide bonds. The molecule has 0 spiro atoms. The highest BCUT2D eigenvalue weighted by Gasteiger charge is 2.30. The second kappa shape index (κ2) is 10.1. The maximum Gasteiger partial charge on any atom is 0.268 e. The number of hydrogen-bond acceptors (Lipinski definition) is 5. The summed E-state index contributed by atoms with van der Waals surface area (Å²) < 4.78 is 22.4. The van der Waals surface area contributed by atoms with Gasteiger partial charge in [-0.05, 0) is 92.6 Å². The molecule has 200 valence electrons. The van der Waals surface area contributed by atoms with Gasteiger partial charge >= 0.3 is 0 Å². The molecule has 1 saturated carbocycles. The summed E-state index contributed by atoms with van der Waals surface area (Å²) in [7, 11) is 0. The third-order valence-corrected chi connectivity index (χ3v) is 6.58. The highest BCUT2D eigenvalue weighted by molar-refractivity contribution is 6.04. The molecule has 2 N–H and O–H groups in total. The predicted octanol–water partition coefficient (Wildman–Crippen LogP) is 5.33. The summed E-state index contributed by atoms with van der Waals surface area (Å²) in [6.45, 7) is 1.74. The van der Waals surface area contributed by atoms with E-state index in [1.165, 1.54) is 34.9 Å². The Hall–Kier alpha value is -5.25. The summed E-state index contributed by atoms with van der Waals surface area (Å²) in [5.74, 6) is 0.691. The van der Waals surface area contributed by atoms with Gasteiger partial charge in [0, 0.05) is 23.0 Å². The number of carbonyl (C=O) groups is 2. The first-order chi connectivity index (χ1) is 19.3. The fourth-order valence-corrected chi connectivity index (χ4v) is 4.32. The first kappa shape index (κ1) is 25.1. The van der Waals surface area contributed by atoms with Gasteiger partial charge in [0.1, 0.15) is 28.5 Å². The lowest BCUT2D eigenvalue weighted by atomic mass is 10.2. The Morgan fingerprint density at radius 1 is 0.900 bits per heavy atom. The molecule has 0 bridgehead atoms. The van der Waals surface area contributed by atoms with Crippen LogP contribution < -0.4 is 20.9 Å². The van der Waals surface area contributed by atoms with Crippen LogP contribution in [0.5, 0.6) is 11.5 Å². The number of benzene rings is 2. The average molecular weight is 538 g/mol. The van der Waals surface area contributed by atoms with Gasteiger partial charge < -0.3 is 19.8 Å². The summed E-state index contributed by atoms with van der Waals surface area (Å²) >= 11 is 0. The number of carbonyl (C=O) groups excluding carboxylic acids is 2. The third kappa shape index (κ3) is 5.19. The second-order valence-corrected chi connectivity index (χ2v) is 9.61. The number of rotatable bonds is 7. The Labute approximate surface area is 227 Å². The zero-order valence-electron chi connectivity index (χ0n) is 21.4. The molecule has 0 atom stereocenters. The molecule has 0 unspecified atom stereocenters. The molecule has 1 aliphatic carbocycles. The number of nitrogens with zero attached hydrogens (tertiary/aromatic N) is 3. The first-order valence-corrected chi connectivity index (χ1v) is 12.7. The lowest BCUT2D eigenvalue weighted by molar-refractivity contribution is -0.117. The van der Waals surface area contributed by atoms with Crippen molar-refractivity contribution in [3.8, 4) is 17.2 Å². The number of fused-ring (bicyclic) bond motifs is 1. The summed E-state index contributed by atoms with van der Waals surface area (Å²) in [6, 6.07) is 18.9. The van der Waals surface area contributed by atoms with Crippen molar-refractivity contribution in [2.24, 2.45) is 5.92 Å². The minimum atomic E-state index is -0.565. The van der Waals surface area contributed by atoms with Crippen LogP contribution in [0.4, 0.5) is 15.9 Å². The van der Waals surface area contributed by atoms with E-state index in [0.29, 0.717) is 40.0 Å². The molecule has 1 fully saturated rings. The number of pyridine rings is 2. The molecule has 6 rings (SSSR count). The van der Waals surface area contributed by atoms with Gasteiger partial charge in [0.25, 0.3) is 11.5 Å². The normalized spacial score (nSPS) is 12.8. The largest absolute Gasteiger partial charge is 0.456 e. The summed E-state index contributed by atoms with van der Waals surface area (Å²) in [5, 5.41) is 5.57. The predicted molar refractivity (Wildman–Crippen MR) is 148 cm³/mol. The summed E-state index contributed by atoms with van der Waals surface area (Å²) in [6.07, 6.45) is 5.33. The number of nitrogens with one attached hydrogen (secondary N) is 2. The monoisotopic (exact) mass is 537 g/mol. The van der Waals surface area contributed by atoms with Crippen molar-refractivity contribution < 1.29 is 18.7 Å². The Morgan fingerprint density at radius 2 is 1.62 bits per heavy atom. The SMILES string of the molecule is Cc1ccc(C(=O)Nc2ccc(Oc3ccc4nc(NC(=O)C5CC5)cn4c3)cc2)c(=O)n1-c1ccc(F)cc1. The van der Waals surface area contributed by atoms with E-state index < -0.39 is 17.3 Å². The lowest BCUT2D eigenvalue weighted by Gasteiger charge is -2.12. The van der Waals surface area contributed by atoms with Crippen LogP contribution in [-0.4, -0.2) is 25.8 Å². The molecule has 2 aromatic carbocycles. The zero-order chi connectivity index (χ0) is 27.8.